The van der Waals surface area contributed by atoms with Gasteiger partial charge in [0.25, 0.3) is 11.8 Å². The van der Waals surface area contributed by atoms with Gasteiger partial charge in [-0.15, -0.1) is 0 Å². The zero-order chi connectivity index (χ0) is 36.7. The zero-order valence-electron chi connectivity index (χ0n) is 29.6. The fourth-order valence-electron chi connectivity index (χ4n) is 8.48. The second-order valence-corrected chi connectivity index (χ2v) is 15.0. The quantitative estimate of drug-likeness (QED) is 0.133. The number of halogens is 1. The van der Waals surface area contributed by atoms with E-state index in [1.165, 1.54) is 0 Å². The molecular weight excluding hydrogens is 690 g/mol. The number of carbonyl (C=O) groups is 4. The number of pyridine rings is 1. The maximum Gasteiger partial charge on any atom is 0.264 e. The third kappa shape index (κ3) is 6.52. The van der Waals surface area contributed by atoms with Crippen molar-refractivity contribution >= 4 is 46.5 Å². The molecule has 1 aliphatic carbocycles. The SMILES string of the molecule is C=C1CCC(N2C(=O)c3cccc(NCCCCn4cc(-c5ccc(-c6cncc(Cl)c6N6CCC7(CCCC7=O)CC6)cc5)cn4)c3C2=O)C(=O)N1. The summed E-state index contributed by atoms with van der Waals surface area (Å²) in [7, 11) is 0. The zero-order valence-corrected chi connectivity index (χ0v) is 30.3. The number of amides is 3. The van der Waals surface area contributed by atoms with E-state index in [4.69, 9.17) is 11.6 Å². The van der Waals surface area contributed by atoms with Gasteiger partial charge in [0, 0.05) is 79.1 Å². The molecule has 8 rings (SSSR count). The number of aromatic nitrogens is 3. The Kier molecular flexibility index (Phi) is 9.36. The number of nitrogens with one attached hydrogen (secondary N) is 2. The summed E-state index contributed by atoms with van der Waals surface area (Å²) in [5.74, 6) is -0.823. The van der Waals surface area contributed by atoms with Gasteiger partial charge in [0.15, 0.2) is 0 Å². The first-order valence-electron chi connectivity index (χ1n) is 18.5. The molecule has 3 amide bonds. The third-order valence-electron chi connectivity index (χ3n) is 11.4. The predicted octanol–water partition coefficient (Wildman–Crippen LogP) is 6.89. The van der Waals surface area contributed by atoms with E-state index in [0.29, 0.717) is 52.7 Å². The lowest BCUT2D eigenvalue weighted by Gasteiger charge is -2.40. The number of nitrogens with zero attached hydrogens (tertiary/aromatic N) is 5. The highest BCUT2D eigenvalue weighted by molar-refractivity contribution is 6.34. The molecule has 4 aliphatic rings. The molecule has 0 radical (unpaired) electrons. The standard InChI is InChI=1S/C41H42ClN7O4/c1-26-9-14-34(38(51)46-26)49-39(52)30-6-4-7-33(36(30)40(49)53)44-18-2-3-19-48-25-29(22-45-48)27-10-12-28(13-11-27)31-23-43-24-32(42)37(31)47-20-16-41(17-21-47)15-5-8-35(41)50/h4,6-7,10-13,22-25,34,44H,1-3,5,8-9,14-21H2,(H,46,51). The van der Waals surface area contributed by atoms with Crippen LogP contribution in [0.5, 0.6) is 0 Å². The van der Waals surface area contributed by atoms with Crippen molar-refractivity contribution in [2.45, 2.75) is 70.4 Å². The Morgan fingerprint density at radius 1 is 0.887 bits per heavy atom. The normalized spacial score (nSPS) is 19.6. The second-order valence-electron chi connectivity index (χ2n) is 14.6. The number of fused-ring (bicyclic) bond motifs is 1. The highest BCUT2D eigenvalue weighted by atomic mass is 35.5. The summed E-state index contributed by atoms with van der Waals surface area (Å²) in [5, 5.41) is 11.2. The molecule has 1 atom stereocenters. The highest BCUT2D eigenvalue weighted by Gasteiger charge is 2.46. The van der Waals surface area contributed by atoms with Crippen LogP contribution in [0.25, 0.3) is 22.3 Å². The van der Waals surface area contributed by atoms with E-state index in [1.807, 2.05) is 23.3 Å². The minimum Gasteiger partial charge on any atom is -0.384 e. The minimum absolute atomic E-state index is 0.136. The molecule has 5 heterocycles. The fraction of sp³-hybridized carbons (Fsp3) is 0.366. The number of ketones is 1. The molecular formula is C41H42ClN7O4. The molecule has 1 spiro atoms. The van der Waals surface area contributed by atoms with Gasteiger partial charge in [-0.1, -0.05) is 48.5 Å². The van der Waals surface area contributed by atoms with Crippen LogP contribution in [0.2, 0.25) is 5.02 Å². The summed E-state index contributed by atoms with van der Waals surface area (Å²) in [6.07, 6.45) is 14.5. The summed E-state index contributed by atoms with van der Waals surface area (Å²) in [6.45, 7) is 6.73. The van der Waals surface area contributed by atoms with Gasteiger partial charge in [0.1, 0.15) is 11.8 Å². The predicted molar refractivity (Wildman–Crippen MR) is 204 cm³/mol. The van der Waals surface area contributed by atoms with Crippen LogP contribution in [0, 0.1) is 5.41 Å². The molecule has 2 N–H and O–H groups in total. The van der Waals surface area contributed by atoms with Crippen LogP contribution in [0.1, 0.15) is 78.5 Å². The summed E-state index contributed by atoms with van der Waals surface area (Å²) in [4.78, 5) is 59.7. The number of allylic oxidation sites excluding steroid dienone is 1. The van der Waals surface area contributed by atoms with Crippen molar-refractivity contribution in [2.24, 2.45) is 5.41 Å². The molecule has 4 aromatic rings. The minimum atomic E-state index is -0.839. The number of aryl methyl sites for hydroxylation is 1. The second kappa shape index (κ2) is 14.3. The fourth-order valence-corrected chi connectivity index (χ4v) is 8.76. The largest absolute Gasteiger partial charge is 0.384 e. The van der Waals surface area contributed by atoms with Crippen LogP contribution in [-0.4, -0.2) is 68.8 Å². The van der Waals surface area contributed by atoms with Gasteiger partial charge >= 0.3 is 0 Å². The lowest BCUT2D eigenvalue weighted by molar-refractivity contribution is -0.127. The Labute approximate surface area is 313 Å². The topological polar surface area (TPSA) is 130 Å². The Morgan fingerprint density at radius 3 is 2.43 bits per heavy atom. The Bertz CT molecular complexity index is 2120. The monoisotopic (exact) mass is 731 g/mol. The van der Waals surface area contributed by atoms with Crippen molar-refractivity contribution in [1.29, 1.82) is 0 Å². The summed E-state index contributed by atoms with van der Waals surface area (Å²) >= 11 is 6.76. The molecule has 11 nitrogen and oxygen atoms in total. The van der Waals surface area contributed by atoms with Crippen molar-refractivity contribution in [3.8, 4) is 22.3 Å². The van der Waals surface area contributed by atoms with Crippen LogP contribution in [-0.2, 0) is 16.1 Å². The smallest absolute Gasteiger partial charge is 0.264 e. The number of hydrogen-bond acceptors (Lipinski definition) is 8. The van der Waals surface area contributed by atoms with Crippen molar-refractivity contribution in [1.82, 2.24) is 25.0 Å². The van der Waals surface area contributed by atoms with Gasteiger partial charge in [0.05, 0.1) is 28.0 Å². The van der Waals surface area contributed by atoms with Crippen molar-refractivity contribution in [3.63, 3.8) is 0 Å². The van der Waals surface area contributed by atoms with E-state index in [0.717, 1.165) is 97.4 Å². The number of carbonyl (C=O) groups excluding carboxylic acids is 4. The summed E-state index contributed by atoms with van der Waals surface area (Å²) < 4.78 is 1.94. The van der Waals surface area contributed by atoms with Crippen LogP contribution in [0.15, 0.2) is 79.5 Å². The van der Waals surface area contributed by atoms with Crippen molar-refractivity contribution in [2.75, 3.05) is 29.9 Å². The van der Waals surface area contributed by atoms with E-state index >= 15 is 0 Å². The molecule has 2 aromatic heterocycles. The number of imide groups is 1. The number of hydrogen-bond donors (Lipinski definition) is 2. The van der Waals surface area contributed by atoms with E-state index in [2.05, 4.69) is 56.5 Å². The van der Waals surface area contributed by atoms with Crippen LogP contribution < -0.4 is 15.5 Å². The van der Waals surface area contributed by atoms with Gasteiger partial charge in [0.2, 0.25) is 5.91 Å². The number of piperidine rings is 2. The van der Waals surface area contributed by atoms with Crippen molar-refractivity contribution in [3.05, 3.63) is 95.7 Å². The maximum atomic E-state index is 13.4. The number of benzene rings is 2. The number of rotatable bonds is 10. The number of Topliss-reactive ketones (excluding diaryl/α,β-unsaturated/α-hetero) is 1. The Hall–Kier alpha value is -5.29. The van der Waals surface area contributed by atoms with Gasteiger partial charge in [-0.3, -0.25) is 33.7 Å². The molecule has 1 unspecified atom stereocenters. The van der Waals surface area contributed by atoms with Crippen LogP contribution in [0.4, 0.5) is 11.4 Å². The lowest BCUT2D eigenvalue weighted by atomic mass is 9.76. The third-order valence-corrected chi connectivity index (χ3v) is 11.7. The first kappa shape index (κ1) is 34.8. The van der Waals surface area contributed by atoms with Crippen molar-refractivity contribution < 1.29 is 19.2 Å². The Morgan fingerprint density at radius 2 is 1.68 bits per heavy atom. The number of unbranched alkanes of at least 4 members (excludes halogenated alkanes) is 1. The average Bonchev–Trinajstić information content (AvgIpc) is 3.85. The van der Waals surface area contributed by atoms with Gasteiger partial charge in [-0.05, 0) is 74.6 Å². The van der Waals surface area contributed by atoms with Gasteiger partial charge < -0.3 is 15.5 Å². The van der Waals surface area contributed by atoms with E-state index < -0.39 is 17.9 Å². The van der Waals surface area contributed by atoms with Gasteiger partial charge in [-0.25, -0.2) is 0 Å². The maximum absolute atomic E-state index is 13.4. The van der Waals surface area contributed by atoms with E-state index in [9.17, 15) is 19.2 Å². The molecule has 3 aliphatic heterocycles. The first-order valence-corrected chi connectivity index (χ1v) is 18.9. The van der Waals surface area contributed by atoms with E-state index in [1.54, 1.807) is 24.4 Å². The number of anilines is 2. The van der Waals surface area contributed by atoms with Crippen LogP contribution >= 0.6 is 11.6 Å². The summed E-state index contributed by atoms with van der Waals surface area (Å²) in [6, 6.07) is 12.7. The van der Waals surface area contributed by atoms with E-state index in [-0.39, 0.29) is 11.3 Å². The lowest BCUT2D eigenvalue weighted by Crippen LogP contribution is -2.51. The molecule has 12 heteroatoms. The van der Waals surface area contributed by atoms with Crippen LogP contribution in [0.3, 0.4) is 0 Å². The first-order chi connectivity index (χ1) is 25.7. The molecule has 2 saturated heterocycles. The molecule has 0 bridgehead atoms. The molecule has 2 aromatic carbocycles. The molecule has 53 heavy (non-hydrogen) atoms. The van der Waals surface area contributed by atoms with Gasteiger partial charge in [-0.2, -0.15) is 5.10 Å². The molecule has 1 saturated carbocycles. The average molecular weight is 732 g/mol. The summed E-state index contributed by atoms with van der Waals surface area (Å²) in [5.41, 5.74) is 6.77. The molecule has 3 fully saturated rings. The highest BCUT2D eigenvalue weighted by Crippen LogP contribution is 2.46. The Balaban J connectivity index is 0.859. The molecule has 272 valence electrons.